The van der Waals surface area contributed by atoms with Gasteiger partial charge in [-0.05, 0) is 68.6 Å². The Balaban J connectivity index is 1.37. The van der Waals surface area contributed by atoms with Crippen LogP contribution in [0.25, 0.3) is 71.4 Å². The summed E-state index contributed by atoms with van der Waals surface area (Å²) in [5.41, 5.74) is 9.41. The molecule has 9 rings (SSSR count). The van der Waals surface area contributed by atoms with Crippen LogP contribution in [-0.4, -0.2) is 14.5 Å². The van der Waals surface area contributed by atoms with Crippen LogP contribution in [0.1, 0.15) is 12.7 Å². The molecule has 0 N–H and O–H groups in total. The number of hydrogen-bond acceptors (Lipinski definition) is 3. The molecule has 8 aromatic rings. The molecule has 0 aliphatic carbocycles. The molecule has 0 radical (unpaired) electrons. The molecular formula is C38H25N3S. The Labute approximate surface area is 247 Å². The number of hydrogen-bond donors (Lipinski definition) is 0. The second-order valence-electron chi connectivity index (χ2n) is 10.8. The lowest BCUT2D eigenvalue weighted by Crippen LogP contribution is -2.06. The van der Waals surface area contributed by atoms with E-state index in [1.807, 2.05) is 24.0 Å². The first kappa shape index (κ1) is 23.7. The molecule has 0 spiro atoms. The minimum absolute atomic E-state index is 0.877. The van der Waals surface area contributed by atoms with Gasteiger partial charge >= 0.3 is 0 Å². The van der Waals surface area contributed by atoms with E-state index in [0.717, 1.165) is 28.7 Å². The summed E-state index contributed by atoms with van der Waals surface area (Å²) in [4.78, 5) is 12.4. The quantitative estimate of drug-likeness (QED) is 0.203. The van der Waals surface area contributed by atoms with Crippen molar-refractivity contribution in [3.8, 4) is 27.9 Å². The molecule has 0 atom stereocenters. The van der Waals surface area contributed by atoms with Gasteiger partial charge in [0.15, 0.2) is 0 Å². The molecule has 2 aromatic heterocycles. The molecule has 0 fully saturated rings. The number of para-hydroxylation sites is 2. The summed E-state index contributed by atoms with van der Waals surface area (Å²) in [5, 5.41) is 6.11. The van der Waals surface area contributed by atoms with E-state index < -0.39 is 0 Å². The van der Waals surface area contributed by atoms with Crippen molar-refractivity contribution in [3.05, 3.63) is 127 Å². The number of rotatable bonds is 3. The monoisotopic (exact) mass is 555 g/mol. The first-order chi connectivity index (χ1) is 20.8. The number of imidazole rings is 1. The van der Waals surface area contributed by atoms with Crippen LogP contribution in [0, 0.1) is 0 Å². The van der Waals surface area contributed by atoms with E-state index in [1.165, 1.54) is 64.8 Å². The zero-order chi connectivity index (χ0) is 27.8. The topological polar surface area (TPSA) is 30.7 Å². The van der Waals surface area contributed by atoms with E-state index in [9.17, 15) is 0 Å². The van der Waals surface area contributed by atoms with Gasteiger partial charge in [-0.15, -0.1) is 0 Å². The summed E-state index contributed by atoms with van der Waals surface area (Å²) in [6, 6.07) is 41.8. The van der Waals surface area contributed by atoms with Crippen molar-refractivity contribution in [1.29, 1.82) is 0 Å². The fourth-order valence-electron chi connectivity index (χ4n) is 6.81. The zero-order valence-electron chi connectivity index (χ0n) is 23.0. The predicted molar refractivity (Wildman–Crippen MR) is 176 cm³/mol. The molecule has 0 bridgehead atoms. The van der Waals surface area contributed by atoms with Gasteiger partial charge in [-0.25, -0.2) is 4.98 Å². The Kier molecular flexibility index (Phi) is 5.11. The summed E-state index contributed by atoms with van der Waals surface area (Å²) >= 11 is 1.84. The molecular weight excluding hydrogens is 531 g/mol. The lowest BCUT2D eigenvalue weighted by atomic mass is 9.85. The van der Waals surface area contributed by atoms with Crippen LogP contribution >= 0.6 is 11.8 Å². The van der Waals surface area contributed by atoms with Crippen molar-refractivity contribution in [3.63, 3.8) is 0 Å². The van der Waals surface area contributed by atoms with Crippen molar-refractivity contribution in [2.75, 3.05) is 0 Å². The van der Waals surface area contributed by atoms with Crippen molar-refractivity contribution in [2.24, 2.45) is 0 Å². The smallest absolute Gasteiger partial charge is 0.114 e. The molecule has 0 unspecified atom stereocenters. The SMILES string of the molecule is CCc1nc2cccc3c2n1-c1cc(-c2c4ccccc4c(-c4cccc5cccnc45)c4ccccc24)ccc1S3. The third-order valence-electron chi connectivity index (χ3n) is 8.57. The van der Waals surface area contributed by atoms with Crippen LogP contribution in [0.3, 0.4) is 0 Å². The summed E-state index contributed by atoms with van der Waals surface area (Å²) in [7, 11) is 0. The average molecular weight is 556 g/mol. The number of aromatic nitrogens is 3. The third kappa shape index (κ3) is 3.30. The number of fused-ring (bicyclic) bond motifs is 5. The lowest BCUT2D eigenvalue weighted by molar-refractivity contribution is 0.888. The Hall–Kier alpha value is -4.93. The molecule has 42 heavy (non-hydrogen) atoms. The first-order valence-electron chi connectivity index (χ1n) is 14.4. The molecule has 198 valence electrons. The molecule has 4 heteroatoms. The van der Waals surface area contributed by atoms with Crippen molar-refractivity contribution >= 4 is 55.2 Å². The Morgan fingerprint density at radius 2 is 1.38 bits per heavy atom. The maximum atomic E-state index is 5.02. The minimum atomic E-state index is 0.877. The summed E-state index contributed by atoms with van der Waals surface area (Å²) in [5.74, 6) is 1.10. The standard InChI is InChI=1S/C38H25N3S/c1-2-34-40-30-17-8-18-33-38(30)41(34)31-22-24(19-20-32(31)42-33)35-25-12-3-5-14-27(25)36(28-15-6-4-13-26(28)35)29-16-7-10-23-11-9-21-39-37(23)29/h3-22H,2H2,1H3. The Morgan fingerprint density at radius 3 is 2.14 bits per heavy atom. The number of aryl methyl sites for hydroxylation is 1. The van der Waals surface area contributed by atoms with Crippen LogP contribution in [0.15, 0.2) is 131 Å². The first-order valence-corrected chi connectivity index (χ1v) is 15.2. The van der Waals surface area contributed by atoms with Crippen LogP contribution in [0.4, 0.5) is 0 Å². The molecule has 0 amide bonds. The van der Waals surface area contributed by atoms with Crippen LogP contribution in [-0.2, 0) is 6.42 Å². The van der Waals surface area contributed by atoms with Gasteiger partial charge in [0.2, 0.25) is 0 Å². The third-order valence-corrected chi connectivity index (χ3v) is 9.68. The number of pyridine rings is 1. The van der Waals surface area contributed by atoms with E-state index in [0.29, 0.717) is 0 Å². The van der Waals surface area contributed by atoms with Crippen molar-refractivity contribution < 1.29 is 0 Å². The highest BCUT2D eigenvalue weighted by molar-refractivity contribution is 7.99. The Bertz CT molecular complexity index is 2320. The van der Waals surface area contributed by atoms with Gasteiger partial charge in [0.05, 0.1) is 22.2 Å². The van der Waals surface area contributed by atoms with Gasteiger partial charge in [0, 0.05) is 33.4 Å². The highest BCUT2D eigenvalue weighted by Gasteiger charge is 2.24. The zero-order valence-corrected chi connectivity index (χ0v) is 23.8. The lowest BCUT2D eigenvalue weighted by Gasteiger charge is -2.22. The maximum absolute atomic E-state index is 5.02. The van der Waals surface area contributed by atoms with E-state index in [-0.39, 0.29) is 0 Å². The second kappa shape index (κ2) is 9.04. The van der Waals surface area contributed by atoms with E-state index in [2.05, 4.69) is 121 Å². The molecule has 1 aliphatic rings. The Morgan fingerprint density at radius 1 is 0.667 bits per heavy atom. The summed E-state index contributed by atoms with van der Waals surface area (Å²) in [6.45, 7) is 2.19. The van der Waals surface area contributed by atoms with Gasteiger partial charge in [0.1, 0.15) is 5.82 Å². The predicted octanol–water partition coefficient (Wildman–Crippen LogP) is 10.2. The highest BCUT2D eigenvalue weighted by Crippen LogP contribution is 2.48. The molecule has 1 aliphatic heterocycles. The molecule has 0 saturated carbocycles. The summed E-state index contributed by atoms with van der Waals surface area (Å²) < 4.78 is 2.39. The van der Waals surface area contributed by atoms with Crippen LogP contribution in [0.5, 0.6) is 0 Å². The fraction of sp³-hybridized carbons (Fsp3) is 0.0526. The van der Waals surface area contributed by atoms with Crippen molar-refractivity contribution in [2.45, 2.75) is 23.1 Å². The average Bonchev–Trinajstić information content (AvgIpc) is 3.44. The molecule has 0 saturated heterocycles. The number of benzene rings is 6. The van der Waals surface area contributed by atoms with Crippen LogP contribution in [0.2, 0.25) is 0 Å². The van der Waals surface area contributed by atoms with Gasteiger partial charge in [-0.1, -0.05) is 104 Å². The van der Waals surface area contributed by atoms with Crippen LogP contribution < -0.4 is 0 Å². The van der Waals surface area contributed by atoms with Gasteiger partial charge in [-0.2, -0.15) is 0 Å². The largest absolute Gasteiger partial charge is 0.294 e. The maximum Gasteiger partial charge on any atom is 0.114 e. The van der Waals surface area contributed by atoms with E-state index in [4.69, 9.17) is 9.97 Å². The van der Waals surface area contributed by atoms with Gasteiger partial charge in [-0.3, -0.25) is 9.55 Å². The molecule has 6 aromatic carbocycles. The summed E-state index contributed by atoms with van der Waals surface area (Å²) in [6.07, 6.45) is 2.77. The van der Waals surface area contributed by atoms with Gasteiger partial charge < -0.3 is 0 Å². The molecule has 3 heterocycles. The normalized spacial score (nSPS) is 12.4. The van der Waals surface area contributed by atoms with E-state index in [1.54, 1.807) is 0 Å². The number of nitrogens with zero attached hydrogens (tertiary/aromatic N) is 3. The highest BCUT2D eigenvalue weighted by atomic mass is 32.2. The van der Waals surface area contributed by atoms with Gasteiger partial charge in [0.25, 0.3) is 0 Å². The van der Waals surface area contributed by atoms with Crippen molar-refractivity contribution in [1.82, 2.24) is 14.5 Å². The minimum Gasteiger partial charge on any atom is -0.294 e. The van der Waals surface area contributed by atoms with E-state index >= 15 is 0 Å². The second-order valence-corrected chi connectivity index (χ2v) is 11.9. The fourth-order valence-corrected chi connectivity index (χ4v) is 7.88. The molecule has 3 nitrogen and oxygen atoms in total.